The second-order valence-corrected chi connectivity index (χ2v) is 15.4. The van der Waals surface area contributed by atoms with Gasteiger partial charge in [0.25, 0.3) is 0 Å². The highest BCUT2D eigenvalue weighted by atomic mass is 31.2. The lowest BCUT2D eigenvalue weighted by atomic mass is 9.60. The van der Waals surface area contributed by atoms with Crippen molar-refractivity contribution in [3.63, 3.8) is 0 Å². The molecule has 0 aromatic heterocycles. The molecule has 0 bridgehead atoms. The van der Waals surface area contributed by atoms with Crippen molar-refractivity contribution in [1.82, 2.24) is 5.32 Å². The predicted molar refractivity (Wildman–Crippen MR) is 185 cm³/mol. The molecule has 5 rings (SSSR count). The lowest BCUT2D eigenvalue weighted by molar-refractivity contribution is -0.124. The number of hydrogen-bond acceptors (Lipinski definition) is 3. The summed E-state index contributed by atoms with van der Waals surface area (Å²) in [4.78, 5) is 28.7. The SMILES string of the molecule is CCCCC(NC(=O)O)(C(=O)C(C#N)=P(c1ccccc1)(c1ccccc1)c1ccccc1)C1(Cc2ccccc2)CCCC1. The summed E-state index contributed by atoms with van der Waals surface area (Å²) in [6.45, 7) is -1.02. The van der Waals surface area contributed by atoms with Crippen LogP contribution >= 0.6 is 6.89 Å². The molecule has 2 N–H and O–H groups in total. The average Bonchev–Trinajstić information content (AvgIpc) is 3.56. The monoisotopic (exact) mass is 616 g/mol. The molecule has 45 heavy (non-hydrogen) atoms. The van der Waals surface area contributed by atoms with E-state index in [1.807, 2.05) is 109 Å². The van der Waals surface area contributed by atoms with Gasteiger partial charge in [-0.1, -0.05) is 154 Å². The molecule has 0 aliphatic heterocycles. The third-order valence-corrected chi connectivity index (χ3v) is 13.7. The number of carbonyl (C=O) groups excluding carboxylic acids is 1. The molecule has 1 unspecified atom stereocenters. The molecule has 0 saturated heterocycles. The summed E-state index contributed by atoms with van der Waals surface area (Å²) in [5, 5.41) is 27.5. The molecular formula is C39H41N2O3P. The van der Waals surface area contributed by atoms with Crippen LogP contribution in [-0.4, -0.2) is 27.8 Å². The summed E-state index contributed by atoms with van der Waals surface area (Å²) in [7, 11) is 0. The maximum absolute atomic E-state index is 15.8. The molecule has 1 fully saturated rings. The molecule has 6 heteroatoms. The maximum Gasteiger partial charge on any atom is 0.405 e. The number of nitrogens with zero attached hydrogens (tertiary/aromatic N) is 1. The second kappa shape index (κ2) is 14.1. The topological polar surface area (TPSA) is 90.2 Å². The quantitative estimate of drug-likeness (QED) is 0.164. The van der Waals surface area contributed by atoms with Crippen molar-refractivity contribution in [3.05, 3.63) is 127 Å². The predicted octanol–water partition coefficient (Wildman–Crippen LogP) is 7.25. The van der Waals surface area contributed by atoms with Gasteiger partial charge in [-0.15, -0.1) is 0 Å². The first kappa shape index (κ1) is 32.0. The Morgan fingerprint density at radius 2 is 1.24 bits per heavy atom. The van der Waals surface area contributed by atoms with Crippen molar-refractivity contribution >= 4 is 40.0 Å². The van der Waals surface area contributed by atoms with Crippen LogP contribution in [0.5, 0.6) is 0 Å². The first-order chi connectivity index (χ1) is 21.9. The molecule has 1 aliphatic carbocycles. The molecule has 230 valence electrons. The number of nitrogens with one attached hydrogen (secondary N) is 1. The van der Waals surface area contributed by atoms with Crippen LogP contribution < -0.4 is 21.2 Å². The van der Waals surface area contributed by atoms with Gasteiger partial charge in [0.1, 0.15) is 16.9 Å². The number of unbranched alkanes of at least 4 members (excludes halogenated alkanes) is 1. The van der Waals surface area contributed by atoms with E-state index in [-0.39, 0.29) is 11.1 Å². The number of rotatable bonds is 12. The highest BCUT2D eigenvalue weighted by molar-refractivity contribution is 7.97. The Bertz CT molecular complexity index is 1590. The van der Waals surface area contributed by atoms with Crippen molar-refractivity contribution in [2.75, 3.05) is 0 Å². The van der Waals surface area contributed by atoms with Gasteiger partial charge in [-0.05, 0) is 54.0 Å². The fourth-order valence-electron chi connectivity index (χ4n) is 7.56. The first-order valence-corrected chi connectivity index (χ1v) is 17.7. The van der Waals surface area contributed by atoms with Crippen LogP contribution in [0.25, 0.3) is 0 Å². The van der Waals surface area contributed by atoms with Crippen LogP contribution in [0.3, 0.4) is 0 Å². The van der Waals surface area contributed by atoms with Gasteiger partial charge in [0.15, 0.2) is 5.78 Å². The second-order valence-electron chi connectivity index (χ2n) is 12.1. The van der Waals surface area contributed by atoms with E-state index in [0.29, 0.717) is 32.1 Å². The zero-order valence-corrected chi connectivity index (χ0v) is 26.8. The Morgan fingerprint density at radius 3 is 1.64 bits per heavy atom. The molecule has 0 radical (unpaired) electrons. The highest BCUT2D eigenvalue weighted by Gasteiger charge is 2.59. The van der Waals surface area contributed by atoms with Crippen molar-refractivity contribution in [2.24, 2.45) is 5.41 Å². The maximum atomic E-state index is 15.8. The van der Waals surface area contributed by atoms with Crippen molar-refractivity contribution in [2.45, 2.75) is 63.8 Å². The van der Waals surface area contributed by atoms with Crippen LogP contribution in [0.1, 0.15) is 57.4 Å². The molecule has 1 atom stereocenters. The van der Waals surface area contributed by atoms with E-state index in [0.717, 1.165) is 40.7 Å². The summed E-state index contributed by atoms with van der Waals surface area (Å²) < 4.78 is 0. The van der Waals surface area contributed by atoms with Gasteiger partial charge in [-0.3, -0.25) is 4.79 Å². The summed E-state index contributed by atoms with van der Waals surface area (Å²) in [6, 6.07) is 42.1. The molecule has 4 aromatic rings. The number of carboxylic acid groups (broad SMARTS) is 1. The van der Waals surface area contributed by atoms with Crippen LogP contribution in [0.15, 0.2) is 121 Å². The molecule has 4 aromatic carbocycles. The van der Waals surface area contributed by atoms with Crippen LogP contribution in [-0.2, 0) is 11.2 Å². The number of carbonyl (C=O) groups is 2. The molecule has 1 amide bonds. The first-order valence-electron chi connectivity index (χ1n) is 15.9. The largest absolute Gasteiger partial charge is 0.465 e. The van der Waals surface area contributed by atoms with Gasteiger partial charge in [-0.25, -0.2) is 4.79 Å². The summed E-state index contributed by atoms with van der Waals surface area (Å²) in [5.74, 6) is -0.386. The zero-order chi connectivity index (χ0) is 31.8. The Kier molecular flexibility index (Phi) is 10.1. The fourth-order valence-corrected chi connectivity index (χ4v) is 11.7. The number of nitriles is 1. The third-order valence-electron chi connectivity index (χ3n) is 9.55. The van der Waals surface area contributed by atoms with Gasteiger partial charge in [0, 0.05) is 5.41 Å². The molecule has 1 saturated carbocycles. The minimum atomic E-state index is -3.07. The number of ketones is 1. The minimum Gasteiger partial charge on any atom is -0.465 e. The summed E-state index contributed by atoms with van der Waals surface area (Å²) in [5.41, 5.74) is -1.12. The third kappa shape index (κ3) is 6.00. The highest BCUT2D eigenvalue weighted by Crippen LogP contribution is 2.54. The van der Waals surface area contributed by atoms with E-state index in [2.05, 4.69) is 30.4 Å². The molecule has 0 spiro atoms. The Hall–Kier alpha value is -4.39. The van der Waals surface area contributed by atoms with Crippen molar-refractivity contribution < 1.29 is 14.7 Å². The van der Waals surface area contributed by atoms with E-state index in [9.17, 15) is 15.2 Å². The molecule has 1 aliphatic rings. The number of Topliss-reactive ketones (excluding diaryl/α,β-unsaturated/α-hetero) is 1. The normalized spacial score (nSPS) is 15.4. The molecule has 0 heterocycles. The zero-order valence-electron chi connectivity index (χ0n) is 25.9. The minimum absolute atomic E-state index is 0.135. The van der Waals surface area contributed by atoms with E-state index < -0.39 is 23.9 Å². The average molecular weight is 617 g/mol. The van der Waals surface area contributed by atoms with Crippen molar-refractivity contribution in [1.29, 1.82) is 5.26 Å². The smallest absolute Gasteiger partial charge is 0.405 e. The number of amides is 1. The van der Waals surface area contributed by atoms with Crippen molar-refractivity contribution in [3.8, 4) is 6.07 Å². The molecule has 5 nitrogen and oxygen atoms in total. The summed E-state index contributed by atoms with van der Waals surface area (Å²) in [6.07, 6.45) is 4.26. The van der Waals surface area contributed by atoms with Gasteiger partial charge >= 0.3 is 6.09 Å². The van der Waals surface area contributed by atoms with E-state index in [1.165, 1.54) is 0 Å². The van der Waals surface area contributed by atoms with Crippen LogP contribution in [0.4, 0.5) is 4.79 Å². The van der Waals surface area contributed by atoms with Crippen LogP contribution in [0, 0.1) is 16.7 Å². The van der Waals surface area contributed by atoms with Gasteiger partial charge in [0.05, 0.1) is 0 Å². The van der Waals surface area contributed by atoms with E-state index in [1.54, 1.807) is 0 Å². The summed E-state index contributed by atoms with van der Waals surface area (Å²) >= 11 is 0. The lowest BCUT2D eigenvalue weighted by Crippen LogP contribution is -2.66. The van der Waals surface area contributed by atoms with Crippen LogP contribution in [0.2, 0.25) is 0 Å². The number of hydrogen-bond donors (Lipinski definition) is 2. The lowest BCUT2D eigenvalue weighted by Gasteiger charge is -2.49. The van der Waals surface area contributed by atoms with E-state index >= 15 is 4.79 Å². The Balaban J connectivity index is 1.93. The van der Waals surface area contributed by atoms with Gasteiger partial charge < -0.3 is 10.4 Å². The Labute approximate surface area is 266 Å². The Morgan fingerprint density at radius 1 is 0.800 bits per heavy atom. The standard InChI is InChI=1S/C39H41N2O3P/c1-2-3-28-39(41-37(43)44,38(26-16-17-27-38)29-31-18-8-4-9-19-31)36(42)35(30-40)45(32-20-10-5-11-21-32,33-22-12-6-13-23-33)34-24-14-7-15-25-34/h4-15,18-25,41H,2-3,16-17,26-29H2,1H3,(H,43,44). The fraction of sp³-hybridized carbons (Fsp3) is 0.282. The van der Waals surface area contributed by atoms with Gasteiger partial charge in [0.2, 0.25) is 0 Å². The van der Waals surface area contributed by atoms with Gasteiger partial charge in [-0.2, -0.15) is 5.26 Å². The van der Waals surface area contributed by atoms with E-state index in [4.69, 9.17) is 0 Å². The molecular weight excluding hydrogens is 575 g/mol. The number of benzene rings is 4.